The van der Waals surface area contributed by atoms with Crippen LogP contribution in [0.1, 0.15) is 31.4 Å². The summed E-state index contributed by atoms with van der Waals surface area (Å²) in [5.41, 5.74) is 0.415. The zero-order chi connectivity index (χ0) is 16.1. The van der Waals surface area contributed by atoms with Crippen molar-refractivity contribution >= 4 is 9.84 Å². The van der Waals surface area contributed by atoms with Crippen molar-refractivity contribution in [1.82, 2.24) is 0 Å². The summed E-state index contributed by atoms with van der Waals surface area (Å²) < 4.78 is 62.2. The molecule has 0 spiro atoms. The van der Waals surface area contributed by atoms with E-state index in [9.17, 15) is 26.7 Å². The smallest absolute Gasteiger partial charge is 0.406 e. The van der Waals surface area contributed by atoms with Gasteiger partial charge in [-0.15, -0.1) is 13.2 Å². The van der Waals surface area contributed by atoms with Gasteiger partial charge >= 0.3 is 6.36 Å². The second-order valence-electron chi connectivity index (χ2n) is 4.51. The Morgan fingerprint density at radius 2 is 1.81 bits per heavy atom. The van der Waals surface area contributed by atoms with Crippen molar-refractivity contribution in [3.05, 3.63) is 29.8 Å². The van der Waals surface area contributed by atoms with Gasteiger partial charge in [0.15, 0.2) is 0 Å². The molecule has 120 valence electrons. The molecule has 0 fully saturated rings. The number of benzene rings is 1. The zero-order valence-corrected chi connectivity index (χ0v) is 12.2. The van der Waals surface area contributed by atoms with Gasteiger partial charge in [0.05, 0.1) is 11.9 Å². The van der Waals surface area contributed by atoms with Gasteiger partial charge in [0.1, 0.15) is 15.6 Å². The van der Waals surface area contributed by atoms with Crippen molar-refractivity contribution in [2.45, 2.75) is 32.2 Å². The molecule has 1 N–H and O–H groups in total. The van der Waals surface area contributed by atoms with E-state index in [1.165, 1.54) is 12.1 Å². The molecule has 0 aromatic heterocycles. The van der Waals surface area contributed by atoms with E-state index in [1.807, 2.05) is 0 Å². The highest BCUT2D eigenvalue weighted by atomic mass is 32.2. The number of aliphatic hydroxyl groups is 1. The van der Waals surface area contributed by atoms with Crippen molar-refractivity contribution in [3.63, 3.8) is 0 Å². The monoisotopic (exact) mass is 326 g/mol. The molecule has 0 saturated heterocycles. The average molecular weight is 326 g/mol. The Balaban J connectivity index is 2.53. The molecular weight excluding hydrogens is 309 g/mol. The molecule has 1 unspecified atom stereocenters. The molecule has 4 nitrogen and oxygen atoms in total. The first-order valence-electron chi connectivity index (χ1n) is 6.37. The highest BCUT2D eigenvalue weighted by Gasteiger charge is 2.31. The van der Waals surface area contributed by atoms with Crippen molar-refractivity contribution < 1.29 is 31.4 Å². The average Bonchev–Trinajstić information content (AvgIpc) is 2.37. The van der Waals surface area contributed by atoms with E-state index in [-0.39, 0.29) is 30.1 Å². The first kappa shape index (κ1) is 17.8. The first-order chi connectivity index (χ1) is 9.63. The molecule has 1 atom stereocenters. The van der Waals surface area contributed by atoms with E-state index < -0.39 is 22.3 Å². The molecular formula is C13H17F3O4S. The maximum Gasteiger partial charge on any atom is 0.573 e. The SMILES string of the molecule is CCS(=O)(=O)CCCC(O)c1ccc(OC(F)(F)F)cc1. The number of aliphatic hydroxyl groups excluding tert-OH is 1. The number of sulfone groups is 1. The normalized spacial score (nSPS) is 14.0. The van der Waals surface area contributed by atoms with E-state index in [1.54, 1.807) is 6.92 Å². The third-order valence-corrected chi connectivity index (χ3v) is 4.66. The molecule has 21 heavy (non-hydrogen) atoms. The van der Waals surface area contributed by atoms with Gasteiger partial charge in [-0.1, -0.05) is 19.1 Å². The Labute approximate surface area is 121 Å². The Hall–Kier alpha value is -1.28. The molecule has 0 heterocycles. The van der Waals surface area contributed by atoms with Crippen LogP contribution in [0.2, 0.25) is 0 Å². The third-order valence-electron chi connectivity index (χ3n) is 2.87. The summed E-state index contributed by atoms with van der Waals surface area (Å²) in [5, 5.41) is 9.86. The largest absolute Gasteiger partial charge is 0.573 e. The van der Waals surface area contributed by atoms with E-state index >= 15 is 0 Å². The summed E-state index contributed by atoms with van der Waals surface area (Å²) in [7, 11) is -3.08. The van der Waals surface area contributed by atoms with Crippen molar-refractivity contribution in [2.75, 3.05) is 11.5 Å². The predicted octanol–water partition coefficient (Wildman–Crippen LogP) is 2.83. The van der Waals surface area contributed by atoms with Gasteiger partial charge in [-0.2, -0.15) is 0 Å². The van der Waals surface area contributed by atoms with Gasteiger partial charge < -0.3 is 9.84 Å². The second-order valence-corrected chi connectivity index (χ2v) is 6.98. The van der Waals surface area contributed by atoms with Crippen LogP contribution in [-0.4, -0.2) is 31.4 Å². The quantitative estimate of drug-likeness (QED) is 0.837. The molecule has 1 aromatic carbocycles. The lowest BCUT2D eigenvalue weighted by atomic mass is 10.1. The van der Waals surface area contributed by atoms with Crippen LogP contribution < -0.4 is 4.74 Å². The lowest BCUT2D eigenvalue weighted by Crippen LogP contribution is -2.17. The molecule has 0 amide bonds. The number of alkyl halides is 3. The Bertz CT molecular complexity index is 538. The van der Waals surface area contributed by atoms with Gasteiger partial charge in [-0.3, -0.25) is 0 Å². The second kappa shape index (κ2) is 7.13. The minimum atomic E-state index is -4.76. The number of ether oxygens (including phenoxy) is 1. The molecule has 8 heteroatoms. The Kier molecular flexibility index (Phi) is 6.03. The van der Waals surface area contributed by atoms with Crippen LogP contribution in [0.15, 0.2) is 24.3 Å². The molecule has 0 aliphatic rings. The maximum atomic E-state index is 12.0. The zero-order valence-electron chi connectivity index (χ0n) is 11.4. The summed E-state index contributed by atoms with van der Waals surface area (Å²) in [5.74, 6) is -0.338. The summed E-state index contributed by atoms with van der Waals surface area (Å²) >= 11 is 0. The molecule has 0 radical (unpaired) electrons. The van der Waals surface area contributed by atoms with Crippen LogP contribution in [0.25, 0.3) is 0 Å². The predicted molar refractivity (Wildman–Crippen MR) is 71.6 cm³/mol. The van der Waals surface area contributed by atoms with Crippen LogP contribution in [0.4, 0.5) is 13.2 Å². The molecule has 0 bridgehead atoms. The number of hydrogen-bond donors (Lipinski definition) is 1. The fraction of sp³-hybridized carbons (Fsp3) is 0.538. The van der Waals surface area contributed by atoms with Crippen molar-refractivity contribution in [2.24, 2.45) is 0 Å². The lowest BCUT2D eigenvalue weighted by molar-refractivity contribution is -0.274. The number of rotatable bonds is 7. The first-order valence-corrected chi connectivity index (χ1v) is 8.19. The molecule has 0 aliphatic carbocycles. The minimum absolute atomic E-state index is 0.0180. The summed E-state index contributed by atoms with van der Waals surface area (Å²) in [4.78, 5) is 0. The van der Waals surface area contributed by atoms with Gasteiger partial charge in [-0.25, -0.2) is 8.42 Å². The van der Waals surface area contributed by atoms with Gasteiger partial charge in [0, 0.05) is 5.75 Å². The van der Waals surface area contributed by atoms with E-state index in [2.05, 4.69) is 4.74 Å². The van der Waals surface area contributed by atoms with Crippen LogP contribution in [0.3, 0.4) is 0 Å². The molecule has 0 aliphatic heterocycles. The minimum Gasteiger partial charge on any atom is -0.406 e. The van der Waals surface area contributed by atoms with Gasteiger partial charge in [0.25, 0.3) is 0 Å². The standard InChI is InChI=1S/C13H17F3O4S/c1-2-21(18,19)9-3-4-12(17)10-5-7-11(8-6-10)20-13(14,15)16/h5-8,12,17H,2-4,9H2,1H3. The molecule has 1 rings (SSSR count). The summed E-state index contributed by atoms with van der Waals surface area (Å²) in [6.45, 7) is 1.55. The number of hydrogen-bond acceptors (Lipinski definition) is 4. The van der Waals surface area contributed by atoms with Crippen molar-refractivity contribution in [1.29, 1.82) is 0 Å². The maximum absolute atomic E-state index is 12.0. The van der Waals surface area contributed by atoms with E-state index in [0.29, 0.717) is 5.56 Å². The van der Waals surface area contributed by atoms with Crippen molar-refractivity contribution in [3.8, 4) is 5.75 Å². The topological polar surface area (TPSA) is 63.6 Å². The fourth-order valence-electron chi connectivity index (χ4n) is 1.70. The van der Waals surface area contributed by atoms with E-state index in [4.69, 9.17) is 0 Å². The highest BCUT2D eigenvalue weighted by molar-refractivity contribution is 7.91. The van der Waals surface area contributed by atoms with Crippen LogP contribution in [-0.2, 0) is 9.84 Å². The fourth-order valence-corrected chi connectivity index (χ4v) is 2.59. The number of halogens is 3. The summed E-state index contributed by atoms with van der Waals surface area (Å²) in [6.07, 6.45) is -5.16. The molecule has 0 saturated carbocycles. The summed E-state index contributed by atoms with van der Waals surface area (Å²) in [6, 6.07) is 4.85. The highest BCUT2D eigenvalue weighted by Crippen LogP contribution is 2.25. The van der Waals surface area contributed by atoms with Gasteiger partial charge in [-0.05, 0) is 30.5 Å². The molecule has 1 aromatic rings. The Morgan fingerprint density at radius 3 is 2.29 bits per heavy atom. The Morgan fingerprint density at radius 1 is 1.24 bits per heavy atom. The van der Waals surface area contributed by atoms with Crippen LogP contribution >= 0.6 is 0 Å². The lowest BCUT2D eigenvalue weighted by Gasteiger charge is -2.13. The third kappa shape index (κ3) is 6.81. The van der Waals surface area contributed by atoms with Crippen LogP contribution in [0.5, 0.6) is 5.75 Å². The van der Waals surface area contributed by atoms with Crippen LogP contribution in [0, 0.1) is 0 Å². The van der Waals surface area contributed by atoms with E-state index in [0.717, 1.165) is 12.1 Å². The van der Waals surface area contributed by atoms with Gasteiger partial charge in [0.2, 0.25) is 0 Å².